The molecule has 1 nitrogen and oxygen atoms in total. The minimum atomic E-state index is 0.208. The summed E-state index contributed by atoms with van der Waals surface area (Å²) in [6.07, 6.45) is 0. The van der Waals surface area contributed by atoms with E-state index in [0.29, 0.717) is 6.04 Å². The highest BCUT2D eigenvalue weighted by molar-refractivity contribution is 6.30. The van der Waals surface area contributed by atoms with E-state index in [9.17, 15) is 0 Å². The van der Waals surface area contributed by atoms with Crippen molar-refractivity contribution in [2.75, 3.05) is 5.32 Å². The van der Waals surface area contributed by atoms with Gasteiger partial charge in [0.2, 0.25) is 0 Å². The van der Waals surface area contributed by atoms with Gasteiger partial charge in [-0.15, -0.1) is 0 Å². The molecule has 0 aromatic heterocycles. The van der Waals surface area contributed by atoms with Crippen molar-refractivity contribution >= 4 is 17.3 Å². The second-order valence-electron chi connectivity index (χ2n) is 4.28. The van der Waals surface area contributed by atoms with Crippen LogP contribution in [0.2, 0.25) is 5.02 Å². The van der Waals surface area contributed by atoms with E-state index in [1.165, 1.54) is 11.3 Å². The molecule has 1 N–H and O–H groups in total. The van der Waals surface area contributed by atoms with E-state index in [2.05, 4.69) is 32.2 Å². The maximum Gasteiger partial charge on any atom is 0.0426 e. The predicted molar refractivity (Wildman–Crippen MR) is 57.6 cm³/mol. The summed E-state index contributed by atoms with van der Waals surface area (Å²) in [6.45, 7) is 6.71. The van der Waals surface area contributed by atoms with Crippen LogP contribution < -0.4 is 5.32 Å². The Morgan fingerprint density at radius 2 is 2.08 bits per heavy atom. The first-order valence-electron chi connectivity index (χ1n) is 4.58. The number of halogens is 1. The van der Waals surface area contributed by atoms with Crippen molar-refractivity contribution in [2.45, 2.75) is 32.2 Å². The van der Waals surface area contributed by atoms with Crippen molar-refractivity contribution in [3.8, 4) is 0 Å². The summed E-state index contributed by atoms with van der Waals surface area (Å²) in [7, 11) is 0. The molecule has 2 heteroatoms. The lowest BCUT2D eigenvalue weighted by Gasteiger charge is -2.23. The quantitative estimate of drug-likeness (QED) is 0.669. The van der Waals surface area contributed by atoms with Crippen LogP contribution in [-0.4, -0.2) is 6.04 Å². The number of hydrogen-bond acceptors (Lipinski definition) is 1. The van der Waals surface area contributed by atoms with Crippen LogP contribution in [0.5, 0.6) is 0 Å². The third-order valence-corrected chi connectivity index (χ3v) is 3.37. The zero-order valence-electron chi connectivity index (χ0n) is 8.19. The molecular weight excluding hydrogens is 182 g/mol. The van der Waals surface area contributed by atoms with Gasteiger partial charge in [0.05, 0.1) is 0 Å². The van der Waals surface area contributed by atoms with Crippen LogP contribution in [-0.2, 0) is 5.41 Å². The standard InChI is InChI=1S/C11H14ClN/c1-7-11(2,3)9-5-4-8(12)6-10(9)13-7/h4-7,13H,1-3H3. The van der Waals surface area contributed by atoms with Crippen molar-refractivity contribution < 1.29 is 0 Å². The van der Waals surface area contributed by atoms with Gasteiger partial charge in [0, 0.05) is 22.2 Å². The monoisotopic (exact) mass is 195 g/mol. The van der Waals surface area contributed by atoms with Gasteiger partial charge in [0.15, 0.2) is 0 Å². The lowest BCUT2D eigenvalue weighted by Crippen LogP contribution is -2.29. The Balaban J connectivity index is 2.55. The van der Waals surface area contributed by atoms with Crippen molar-refractivity contribution in [1.29, 1.82) is 0 Å². The third kappa shape index (κ3) is 1.22. The molecule has 0 saturated carbocycles. The number of anilines is 1. The predicted octanol–water partition coefficient (Wildman–Crippen LogP) is 3.43. The molecule has 1 unspecified atom stereocenters. The van der Waals surface area contributed by atoms with Crippen LogP contribution in [0.3, 0.4) is 0 Å². The molecule has 0 spiro atoms. The van der Waals surface area contributed by atoms with Gasteiger partial charge in [-0.1, -0.05) is 31.5 Å². The lowest BCUT2D eigenvalue weighted by atomic mass is 9.81. The minimum absolute atomic E-state index is 0.208. The molecule has 0 saturated heterocycles. The Morgan fingerprint density at radius 3 is 2.77 bits per heavy atom. The SMILES string of the molecule is CC1Nc2cc(Cl)ccc2C1(C)C. The summed E-state index contributed by atoms with van der Waals surface area (Å²) < 4.78 is 0. The van der Waals surface area contributed by atoms with Gasteiger partial charge in [-0.25, -0.2) is 0 Å². The number of rotatable bonds is 0. The van der Waals surface area contributed by atoms with E-state index < -0.39 is 0 Å². The molecule has 1 atom stereocenters. The Morgan fingerprint density at radius 1 is 1.38 bits per heavy atom. The summed E-state index contributed by atoms with van der Waals surface area (Å²) in [4.78, 5) is 0. The number of fused-ring (bicyclic) bond motifs is 1. The van der Waals surface area contributed by atoms with Crippen LogP contribution in [0.1, 0.15) is 26.3 Å². The first-order chi connectivity index (χ1) is 6.01. The molecule has 2 rings (SSSR count). The van der Waals surface area contributed by atoms with Crippen molar-refractivity contribution in [3.63, 3.8) is 0 Å². The highest BCUT2D eigenvalue weighted by atomic mass is 35.5. The van der Waals surface area contributed by atoms with Crippen LogP contribution in [0.4, 0.5) is 5.69 Å². The summed E-state index contributed by atoms with van der Waals surface area (Å²) in [5.41, 5.74) is 2.76. The molecule has 70 valence electrons. The fourth-order valence-corrected chi connectivity index (χ4v) is 2.02. The summed E-state index contributed by atoms with van der Waals surface area (Å²) in [6, 6.07) is 6.55. The second-order valence-corrected chi connectivity index (χ2v) is 4.71. The van der Waals surface area contributed by atoms with Crippen molar-refractivity contribution in [1.82, 2.24) is 0 Å². The van der Waals surface area contributed by atoms with Crippen LogP contribution in [0.15, 0.2) is 18.2 Å². The molecular formula is C11H14ClN. The highest BCUT2D eigenvalue weighted by Gasteiger charge is 2.35. The molecule has 0 amide bonds. The average Bonchev–Trinajstić information content (AvgIpc) is 2.23. The van der Waals surface area contributed by atoms with Gasteiger partial charge in [-0.2, -0.15) is 0 Å². The van der Waals surface area contributed by atoms with Crippen molar-refractivity contribution in [3.05, 3.63) is 28.8 Å². The summed E-state index contributed by atoms with van der Waals surface area (Å²) in [5, 5.41) is 4.25. The number of benzene rings is 1. The van der Waals surface area contributed by atoms with E-state index in [-0.39, 0.29) is 5.41 Å². The molecule has 1 aliphatic heterocycles. The van der Waals surface area contributed by atoms with Gasteiger partial charge in [-0.3, -0.25) is 0 Å². The zero-order valence-corrected chi connectivity index (χ0v) is 8.94. The zero-order chi connectivity index (χ0) is 9.64. The normalized spacial score (nSPS) is 23.8. The molecule has 1 aromatic carbocycles. The smallest absolute Gasteiger partial charge is 0.0426 e. The van der Waals surface area contributed by atoms with Crippen LogP contribution in [0.25, 0.3) is 0 Å². The van der Waals surface area contributed by atoms with E-state index in [1.807, 2.05) is 12.1 Å². The Labute approximate surface area is 84.1 Å². The van der Waals surface area contributed by atoms with E-state index in [1.54, 1.807) is 0 Å². The maximum atomic E-state index is 5.92. The van der Waals surface area contributed by atoms with E-state index >= 15 is 0 Å². The second kappa shape index (κ2) is 2.65. The average molecular weight is 196 g/mol. The first-order valence-corrected chi connectivity index (χ1v) is 4.96. The Kier molecular flexibility index (Phi) is 1.81. The van der Waals surface area contributed by atoms with Crippen molar-refractivity contribution in [2.24, 2.45) is 0 Å². The van der Waals surface area contributed by atoms with Crippen LogP contribution >= 0.6 is 11.6 Å². The van der Waals surface area contributed by atoms with Gasteiger partial charge in [-0.05, 0) is 24.6 Å². The first kappa shape index (κ1) is 8.89. The minimum Gasteiger partial charge on any atom is -0.381 e. The topological polar surface area (TPSA) is 12.0 Å². The van der Waals surface area contributed by atoms with Gasteiger partial charge < -0.3 is 5.32 Å². The molecule has 1 heterocycles. The third-order valence-electron chi connectivity index (χ3n) is 3.13. The fraction of sp³-hybridized carbons (Fsp3) is 0.455. The summed E-state index contributed by atoms with van der Waals surface area (Å²) in [5.74, 6) is 0. The molecule has 1 aromatic rings. The van der Waals surface area contributed by atoms with Gasteiger partial charge in [0.25, 0.3) is 0 Å². The fourth-order valence-electron chi connectivity index (χ4n) is 1.84. The lowest BCUT2D eigenvalue weighted by molar-refractivity contribution is 0.486. The molecule has 0 bridgehead atoms. The van der Waals surface area contributed by atoms with E-state index in [0.717, 1.165) is 5.02 Å². The Bertz CT molecular complexity index is 344. The highest BCUT2D eigenvalue weighted by Crippen LogP contribution is 2.41. The molecule has 0 fully saturated rings. The van der Waals surface area contributed by atoms with Crippen LogP contribution in [0, 0.1) is 0 Å². The Hall–Kier alpha value is -0.690. The molecule has 0 aliphatic carbocycles. The largest absolute Gasteiger partial charge is 0.381 e. The molecule has 13 heavy (non-hydrogen) atoms. The number of hydrogen-bond donors (Lipinski definition) is 1. The maximum absolute atomic E-state index is 5.92. The molecule has 0 radical (unpaired) electrons. The number of nitrogens with one attached hydrogen (secondary N) is 1. The van der Waals surface area contributed by atoms with E-state index in [4.69, 9.17) is 11.6 Å². The van der Waals surface area contributed by atoms with Gasteiger partial charge >= 0.3 is 0 Å². The summed E-state index contributed by atoms with van der Waals surface area (Å²) >= 11 is 5.92. The van der Waals surface area contributed by atoms with Gasteiger partial charge in [0.1, 0.15) is 0 Å². The molecule has 1 aliphatic rings.